The number of hydrogen-bond acceptors (Lipinski definition) is 4. The van der Waals surface area contributed by atoms with Gasteiger partial charge < -0.3 is 10.5 Å². The monoisotopic (exact) mass is 306 g/mol. The Kier molecular flexibility index (Phi) is 6.06. The molecule has 0 aliphatic carbocycles. The number of benzene rings is 1. The highest BCUT2D eigenvalue weighted by molar-refractivity contribution is 7.89. The van der Waals surface area contributed by atoms with Crippen LogP contribution in [-0.4, -0.2) is 28.2 Å². The van der Waals surface area contributed by atoms with Crippen molar-refractivity contribution in [3.8, 4) is 0 Å². The fraction of sp³-hybridized carbons (Fsp3) is 0.500. The lowest BCUT2D eigenvalue weighted by Crippen LogP contribution is -2.37. The second-order valence-electron chi connectivity index (χ2n) is 4.25. The summed E-state index contributed by atoms with van der Waals surface area (Å²) in [6.07, 6.45) is 1.56. The van der Waals surface area contributed by atoms with E-state index < -0.39 is 10.0 Å². The molecule has 1 rings (SSSR count). The van der Waals surface area contributed by atoms with Crippen LogP contribution in [0.25, 0.3) is 0 Å². The van der Waals surface area contributed by atoms with Gasteiger partial charge in [-0.2, -0.15) is 0 Å². The summed E-state index contributed by atoms with van der Waals surface area (Å²) in [5.74, 6) is 0. The molecule has 0 spiro atoms. The third-order valence-electron chi connectivity index (χ3n) is 2.61. The predicted molar refractivity (Wildman–Crippen MR) is 76.8 cm³/mol. The normalized spacial score (nSPS) is 13.4. The molecule has 1 atom stereocenters. The highest BCUT2D eigenvalue weighted by atomic mass is 35.5. The summed E-state index contributed by atoms with van der Waals surface area (Å²) in [7, 11) is -2.07. The van der Waals surface area contributed by atoms with E-state index in [-0.39, 0.29) is 16.0 Å². The molecule has 1 unspecified atom stereocenters. The van der Waals surface area contributed by atoms with Gasteiger partial charge in [-0.3, -0.25) is 0 Å². The summed E-state index contributed by atoms with van der Waals surface area (Å²) in [4.78, 5) is 0.101. The lowest BCUT2D eigenvalue weighted by Gasteiger charge is -2.17. The van der Waals surface area contributed by atoms with Gasteiger partial charge >= 0.3 is 0 Å². The number of nitrogen functional groups attached to an aromatic ring is 1. The molecule has 0 heterocycles. The standard InChI is InChI=1S/C12H19ClN2O3S/c1-3-4-9(8-18-2)15-19(16,17)10-5-6-12(14)11(13)7-10/h5-7,9,15H,3-4,8,14H2,1-2H3. The van der Waals surface area contributed by atoms with Crippen LogP contribution in [0.1, 0.15) is 19.8 Å². The average molecular weight is 307 g/mol. The first-order chi connectivity index (χ1) is 8.90. The highest BCUT2D eigenvalue weighted by Crippen LogP contribution is 2.22. The maximum Gasteiger partial charge on any atom is 0.240 e. The molecule has 5 nitrogen and oxygen atoms in total. The molecule has 7 heteroatoms. The van der Waals surface area contributed by atoms with E-state index >= 15 is 0 Å². The minimum absolute atomic E-state index is 0.101. The van der Waals surface area contributed by atoms with Crippen molar-refractivity contribution in [2.45, 2.75) is 30.7 Å². The van der Waals surface area contributed by atoms with Crippen molar-refractivity contribution in [2.24, 2.45) is 0 Å². The molecule has 0 radical (unpaired) electrons. The molecule has 1 aromatic rings. The molecule has 0 fully saturated rings. The molecule has 0 aliphatic heterocycles. The number of ether oxygens (including phenoxy) is 1. The van der Waals surface area contributed by atoms with Crippen molar-refractivity contribution in [1.82, 2.24) is 4.72 Å². The van der Waals surface area contributed by atoms with Gasteiger partial charge in [0.15, 0.2) is 0 Å². The van der Waals surface area contributed by atoms with Crippen molar-refractivity contribution in [3.63, 3.8) is 0 Å². The second kappa shape index (κ2) is 7.09. The molecule has 0 aromatic heterocycles. The van der Waals surface area contributed by atoms with Crippen LogP contribution < -0.4 is 10.5 Å². The van der Waals surface area contributed by atoms with E-state index in [2.05, 4.69) is 4.72 Å². The topological polar surface area (TPSA) is 81.4 Å². The molecule has 0 amide bonds. The smallest absolute Gasteiger partial charge is 0.240 e. The maximum absolute atomic E-state index is 12.2. The number of nitrogens with one attached hydrogen (secondary N) is 1. The van der Waals surface area contributed by atoms with Crippen LogP contribution in [-0.2, 0) is 14.8 Å². The van der Waals surface area contributed by atoms with Crippen LogP contribution >= 0.6 is 11.6 Å². The minimum Gasteiger partial charge on any atom is -0.398 e. The molecule has 0 saturated carbocycles. The van der Waals surface area contributed by atoms with Crippen LogP contribution in [0.2, 0.25) is 5.02 Å². The largest absolute Gasteiger partial charge is 0.398 e. The number of rotatable bonds is 7. The average Bonchev–Trinajstić information content (AvgIpc) is 2.32. The summed E-state index contributed by atoms with van der Waals surface area (Å²) in [6.45, 7) is 2.31. The van der Waals surface area contributed by atoms with E-state index in [4.69, 9.17) is 22.1 Å². The zero-order chi connectivity index (χ0) is 14.5. The van der Waals surface area contributed by atoms with Crippen molar-refractivity contribution in [1.29, 1.82) is 0 Å². The van der Waals surface area contributed by atoms with Crippen LogP contribution in [0.4, 0.5) is 5.69 Å². The van der Waals surface area contributed by atoms with Crippen molar-refractivity contribution in [3.05, 3.63) is 23.2 Å². The van der Waals surface area contributed by atoms with E-state index in [1.807, 2.05) is 6.92 Å². The van der Waals surface area contributed by atoms with E-state index in [0.29, 0.717) is 18.7 Å². The van der Waals surface area contributed by atoms with Crippen molar-refractivity contribution >= 4 is 27.3 Å². The van der Waals surface area contributed by atoms with Gasteiger partial charge in [-0.05, 0) is 24.6 Å². The van der Waals surface area contributed by atoms with E-state index in [9.17, 15) is 8.42 Å². The van der Waals surface area contributed by atoms with E-state index in [1.165, 1.54) is 25.3 Å². The second-order valence-corrected chi connectivity index (χ2v) is 6.37. The van der Waals surface area contributed by atoms with Gasteiger partial charge in [-0.25, -0.2) is 13.1 Å². The molecule has 0 bridgehead atoms. The number of sulfonamides is 1. The van der Waals surface area contributed by atoms with Gasteiger partial charge in [-0.1, -0.05) is 24.9 Å². The van der Waals surface area contributed by atoms with E-state index in [1.54, 1.807) is 0 Å². The fourth-order valence-electron chi connectivity index (χ4n) is 1.69. The highest BCUT2D eigenvalue weighted by Gasteiger charge is 2.20. The molecule has 108 valence electrons. The molecule has 0 saturated heterocycles. The Morgan fingerprint density at radius 2 is 2.16 bits per heavy atom. The summed E-state index contributed by atoms with van der Waals surface area (Å²) >= 11 is 5.84. The molecule has 19 heavy (non-hydrogen) atoms. The Bertz CT molecular complexity index is 514. The molecule has 1 aromatic carbocycles. The Hall–Kier alpha value is -0.820. The van der Waals surface area contributed by atoms with Crippen molar-refractivity contribution < 1.29 is 13.2 Å². The SMILES string of the molecule is CCCC(COC)NS(=O)(=O)c1ccc(N)c(Cl)c1. The van der Waals surface area contributed by atoms with Gasteiger partial charge in [0.25, 0.3) is 0 Å². The summed E-state index contributed by atoms with van der Waals surface area (Å²) < 4.78 is 32.0. The zero-order valence-corrected chi connectivity index (χ0v) is 12.6. The summed E-state index contributed by atoms with van der Waals surface area (Å²) in [6, 6.07) is 3.99. The van der Waals surface area contributed by atoms with Gasteiger partial charge in [0.2, 0.25) is 10.0 Å². The quantitative estimate of drug-likeness (QED) is 0.755. The third-order valence-corrected chi connectivity index (χ3v) is 4.45. The predicted octanol–water partition coefficient (Wildman–Crippen LogP) is 2.02. The first-order valence-electron chi connectivity index (χ1n) is 5.97. The van der Waals surface area contributed by atoms with E-state index in [0.717, 1.165) is 6.42 Å². The molecular weight excluding hydrogens is 288 g/mol. The number of methoxy groups -OCH3 is 1. The van der Waals surface area contributed by atoms with Crippen LogP contribution in [0, 0.1) is 0 Å². The Morgan fingerprint density at radius 1 is 1.47 bits per heavy atom. The van der Waals surface area contributed by atoms with Gasteiger partial charge in [0, 0.05) is 13.2 Å². The van der Waals surface area contributed by atoms with Crippen molar-refractivity contribution in [2.75, 3.05) is 19.5 Å². The van der Waals surface area contributed by atoms with Gasteiger partial charge in [0.1, 0.15) is 0 Å². The first kappa shape index (κ1) is 16.2. The van der Waals surface area contributed by atoms with Crippen LogP contribution in [0.3, 0.4) is 0 Å². The third kappa shape index (κ3) is 4.65. The van der Waals surface area contributed by atoms with Gasteiger partial charge in [-0.15, -0.1) is 0 Å². The Labute approximate surface area is 119 Å². The van der Waals surface area contributed by atoms with Crippen LogP contribution in [0.5, 0.6) is 0 Å². The lowest BCUT2D eigenvalue weighted by atomic mass is 10.2. The maximum atomic E-state index is 12.2. The Balaban J connectivity index is 2.92. The van der Waals surface area contributed by atoms with Gasteiger partial charge in [0.05, 0.1) is 22.2 Å². The number of halogens is 1. The number of hydrogen-bond donors (Lipinski definition) is 2. The number of anilines is 1. The summed E-state index contributed by atoms with van der Waals surface area (Å²) in [5, 5.41) is 0.224. The zero-order valence-electron chi connectivity index (χ0n) is 11.0. The fourth-order valence-corrected chi connectivity index (χ4v) is 3.21. The summed E-state index contributed by atoms with van der Waals surface area (Å²) in [5.41, 5.74) is 5.91. The Morgan fingerprint density at radius 3 is 2.68 bits per heavy atom. The molecular formula is C12H19ClN2O3S. The molecule has 3 N–H and O–H groups in total. The first-order valence-corrected chi connectivity index (χ1v) is 7.83. The molecule has 0 aliphatic rings. The van der Waals surface area contributed by atoms with Crippen LogP contribution in [0.15, 0.2) is 23.1 Å². The lowest BCUT2D eigenvalue weighted by molar-refractivity contribution is 0.171. The number of nitrogens with two attached hydrogens (primary N) is 1. The minimum atomic E-state index is -3.61.